The zero-order chi connectivity index (χ0) is 20.2. The van der Waals surface area contributed by atoms with Gasteiger partial charge in [0.1, 0.15) is 17.6 Å². The Morgan fingerprint density at radius 2 is 1.90 bits per heavy atom. The third-order valence-corrected chi connectivity index (χ3v) is 4.87. The van der Waals surface area contributed by atoms with E-state index in [1.165, 1.54) is 19.2 Å². The Morgan fingerprint density at radius 3 is 2.62 bits per heavy atom. The third kappa shape index (κ3) is 4.37. The van der Waals surface area contributed by atoms with Gasteiger partial charge in [-0.15, -0.1) is 10.2 Å². The molecule has 1 saturated heterocycles. The molecule has 1 aliphatic rings. The van der Waals surface area contributed by atoms with E-state index in [1.54, 1.807) is 41.4 Å². The van der Waals surface area contributed by atoms with Crippen LogP contribution in [0.25, 0.3) is 11.1 Å². The van der Waals surface area contributed by atoms with E-state index in [-0.39, 0.29) is 17.8 Å². The number of aromatic nitrogens is 3. The molecular formula is C21H21FN4O3. The second kappa shape index (κ2) is 8.30. The van der Waals surface area contributed by atoms with E-state index in [2.05, 4.69) is 15.2 Å². The summed E-state index contributed by atoms with van der Waals surface area (Å²) in [4.78, 5) is 17.7. The van der Waals surface area contributed by atoms with E-state index in [0.29, 0.717) is 30.5 Å². The SMILES string of the molecule is COc1ccc(OC2CCCN(C(=O)c3cc(-c4ccc(F)cc4)c[nH]3)C2)nn1. The summed E-state index contributed by atoms with van der Waals surface area (Å²) < 4.78 is 24.0. The minimum absolute atomic E-state index is 0.0903. The van der Waals surface area contributed by atoms with Crippen LogP contribution in [0.3, 0.4) is 0 Å². The van der Waals surface area contributed by atoms with Gasteiger partial charge in [0, 0.05) is 24.9 Å². The van der Waals surface area contributed by atoms with Crippen molar-refractivity contribution in [2.45, 2.75) is 18.9 Å². The van der Waals surface area contributed by atoms with Crippen LogP contribution in [0.5, 0.6) is 11.8 Å². The molecule has 4 rings (SSSR count). The molecule has 0 bridgehead atoms. The van der Waals surface area contributed by atoms with Gasteiger partial charge in [-0.2, -0.15) is 0 Å². The molecule has 0 saturated carbocycles. The number of nitrogens with one attached hydrogen (secondary N) is 1. The van der Waals surface area contributed by atoms with Crippen LogP contribution in [0, 0.1) is 5.82 Å². The summed E-state index contributed by atoms with van der Waals surface area (Å²) in [7, 11) is 1.53. The Labute approximate surface area is 167 Å². The maximum Gasteiger partial charge on any atom is 0.270 e. The fourth-order valence-corrected chi connectivity index (χ4v) is 3.37. The highest BCUT2D eigenvalue weighted by molar-refractivity contribution is 5.94. The second-order valence-corrected chi connectivity index (χ2v) is 6.86. The van der Waals surface area contributed by atoms with Gasteiger partial charge in [-0.1, -0.05) is 12.1 Å². The Bertz CT molecular complexity index is 972. The Morgan fingerprint density at radius 1 is 1.14 bits per heavy atom. The van der Waals surface area contributed by atoms with E-state index in [4.69, 9.17) is 9.47 Å². The molecule has 0 radical (unpaired) electrons. The lowest BCUT2D eigenvalue weighted by Crippen LogP contribution is -2.44. The summed E-state index contributed by atoms with van der Waals surface area (Å²) in [5, 5.41) is 7.88. The summed E-state index contributed by atoms with van der Waals surface area (Å²) in [6.07, 6.45) is 3.28. The van der Waals surface area contributed by atoms with Crippen LogP contribution < -0.4 is 9.47 Å². The number of aromatic amines is 1. The topological polar surface area (TPSA) is 80.3 Å². The number of carbonyl (C=O) groups excluding carboxylic acids is 1. The van der Waals surface area contributed by atoms with Crippen molar-refractivity contribution >= 4 is 5.91 Å². The average Bonchev–Trinajstić information content (AvgIpc) is 3.25. The van der Waals surface area contributed by atoms with Crippen LogP contribution in [-0.2, 0) is 0 Å². The third-order valence-electron chi connectivity index (χ3n) is 4.87. The number of carbonyl (C=O) groups is 1. The first kappa shape index (κ1) is 18.9. The molecule has 8 heteroatoms. The maximum absolute atomic E-state index is 13.1. The van der Waals surface area contributed by atoms with E-state index in [0.717, 1.165) is 24.0 Å². The fraction of sp³-hybridized carbons (Fsp3) is 0.286. The van der Waals surface area contributed by atoms with Gasteiger partial charge in [-0.05, 0) is 42.2 Å². The zero-order valence-corrected chi connectivity index (χ0v) is 16.0. The number of ether oxygens (including phenoxy) is 2. The minimum Gasteiger partial charge on any atom is -0.480 e. The van der Waals surface area contributed by atoms with E-state index < -0.39 is 0 Å². The van der Waals surface area contributed by atoms with Gasteiger partial charge in [-0.25, -0.2) is 4.39 Å². The summed E-state index contributed by atoms with van der Waals surface area (Å²) in [5.41, 5.74) is 2.18. The number of methoxy groups -OCH3 is 1. The standard InChI is InChI=1S/C21H21FN4O3/c1-28-19-8-9-20(25-24-19)29-17-3-2-10-26(13-17)21(27)18-11-15(12-23-18)14-4-6-16(22)7-5-14/h4-9,11-12,17,23H,2-3,10,13H2,1H3. The predicted molar refractivity (Wildman–Crippen MR) is 104 cm³/mol. The number of hydrogen-bond donors (Lipinski definition) is 1. The number of likely N-dealkylation sites (tertiary alicyclic amines) is 1. The largest absolute Gasteiger partial charge is 0.480 e. The lowest BCUT2D eigenvalue weighted by Gasteiger charge is -2.32. The van der Waals surface area contributed by atoms with Crippen LogP contribution in [-0.4, -0.2) is 52.3 Å². The quantitative estimate of drug-likeness (QED) is 0.716. The van der Waals surface area contributed by atoms with E-state index in [9.17, 15) is 9.18 Å². The molecule has 150 valence electrons. The Hall–Kier alpha value is -3.42. The van der Waals surface area contributed by atoms with Crippen LogP contribution >= 0.6 is 0 Å². The van der Waals surface area contributed by atoms with Crippen LogP contribution in [0.4, 0.5) is 4.39 Å². The molecule has 1 aromatic carbocycles. The Kier molecular flexibility index (Phi) is 5.41. The predicted octanol–water partition coefficient (Wildman–Crippen LogP) is 3.30. The second-order valence-electron chi connectivity index (χ2n) is 6.86. The number of halogens is 1. The molecule has 0 aliphatic carbocycles. The molecule has 1 N–H and O–H groups in total. The van der Waals surface area contributed by atoms with Gasteiger partial charge in [0.2, 0.25) is 11.8 Å². The van der Waals surface area contributed by atoms with E-state index >= 15 is 0 Å². The number of hydrogen-bond acceptors (Lipinski definition) is 5. The summed E-state index contributed by atoms with van der Waals surface area (Å²) in [6, 6.07) is 11.4. The van der Waals surface area contributed by atoms with Gasteiger partial charge in [-0.3, -0.25) is 4.79 Å². The molecule has 1 atom stereocenters. The highest BCUT2D eigenvalue weighted by Gasteiger charge is 2.27. The monoisotopic (exact) mass is 396 g/mol. The van der Waals surface area contributed by atoms with Gasteiger partial charge in [0.15, 0.2) is 0 Å². The zero-order valence-electron chi connectivity index (χ0n) is 16.0. The van der Waals surface area contributed by atoms with Crippen molar-refractivity contribution < 1.29 is 18.7 Å². The number of piperidine rings is 1. The molecule has 0 spiro atoms. The molecule has 3 heterocycles. The number of H-pyrrole nitrogens is 1. The van der Waals surface area contributed by atoms with Crippen molar-refractivity contribution in [2.24, 2.45) is 0 Å². The Balaban J connectivity index is 1.41. The molecule has 1 aliphatic heterocycles. The van der Waals surface area contributed by atoms with Crippen LogP contribution in [0.2, 0.25) is 0 Å². The number of nitrogens with zero attached hydrogens (tertiary/aromatic N) is 3. The minimum atomic E-state index is -0.290. The average molecular weight is 396 g/mol. The smallest absolute Gasteiger partial charge is 0.270 e. The van der Waals surface area contributed by atoms with Crippen LogP contribution in [0.15, 0.2) is 48.7 Å². The first-order valence-electron chi connectivity index (χ1n) is 9.40. The van der Waals surface area contributed by atoms with Gasteiger partial charge in [0.25, 0.3) is 5.91 Å². The molecule has 2 aromatic heterocycles. The van der Waals surface area contributed by atoms with Crippen molar-refractivity contribution in [2.75, 3.05) is 20.2 Å². The van der Waals surface area contributed by atoms with Crippen molar-refractivity contribution in [3.63, 3.8) is 0 Å². The van der Waals surface area contributed by atoms with Crippen LogP contribution in [0.1, 0.15) is 23.3 Å². The molecule has 7 nitrogen and oxygen atoms in total. The number of benzene rings is 1. The first-order chi connectivity index (χ1) is 14.1. The fourth-order valence-electron chi connectivity index (χ4n) is 3.37. The normalized spacial score (nSPS) is 16.5. The number of rotatable bonds is 5. The van der Waals surface area contributed by atoms with Crippen molar-refractivity contribution in [1.82, 2.24) is 20.1 Å². The van der Waals surface area contributed by atoms with Crippen molar-refractivity contribution in [1.29, 1.82) is 0 Å². The molecule has 3 aromatic rings. The molecule has 29 heavy (non-hydrogen) atoms. The highest BCUT2D eigenvalue weighted by atomic mass is 19.1. The maximum atomic E-state index is 13.1. The molecule has 1 amide bonds. The van der Waals surface area contributed by atoms with Crippen molar-refractivity contribution in [3.8, 4) is 22.9 Å². The van der Waals surface area contributed by atoms with E-state index in [1.807, 2.05) is 0 Å². The molecule has 1 fully saturated rings. The molecular weight excluding hydrogens is 375 g/mol. The van der Waals surface area contributed by atoms with Gasteiger partial charge in [0.05, 0.1) is 13.7 Å². The van der Waals surface area contributed by atoms with Gasteiger partial charge >= 0.3 is 0 Å². The lowest BCUT2D eigenvalue weighted by atomic mass is 10.1. The lowest BCUT2D eigenvalue weighted by molar-refractivity contribution is 0.0520. The highest BCUT2D eigenvalue weighted by Crippen LogP contribution is 2.23. The first-order valence-corrected chi connectivity index (χ1v) is 9.40. The van der Waals surface area contributed by atoms with Gasteiger partial charge < -0.3 is 19.4 Å². The summed E-state index contributed by atoms with van der Waals surface area (Å²) >= 11 is 0. The summed E-state index contributed by atoms with van der Waals surface area (Å²) in [5.74, 6) is 0.444. The molecule has 1 unspecified atom stereocenters. The number of amides is 1. The van der Waals surface area contributed by atoms with Crippen molar-refractivity contribution in [3.05, 3.63) is 60.2 Å². The summed E-state index contributed by atoms with van der Waals surface area (Å²) in [6.45, 7) is 1.13.